The second kappa shape index (κ2) is 6.85. The molecular weight excluding hydrogens is 332 g/mol. The van der Waals surface area contributed by atoms with Crippen molar-refractivity contribution in [2.24, 2.45) is 5.41 Å². The Labute approximate surface area is 142 Å². The number of piperidine rings is 1. The first kappa shape index (κ1) is 17.4. The van der Waals surface area contributed by atoms with Gasteiger partial charge in [0.15, 0.2) is 0 Å². The molecule has 0 saturated carbocycles. The van der Waals surface area contributed by atoms with Gasteiger partial charge in [-0.3, -0.25) is 4.79 Å². The van der Waals surface area contributed by atoms with Crippen LogP contribution in [0.4, 0.5) is 0 Å². The van der Waals surface area contributed by atoms with Gasteiger partial charge in [0.1, 0.15) is 5.76 Å². The monoisotopic (exact) mass is 356 g/mol. The highest BCUT2D eigenvalue weighted by molar-refractivity contribution is 7.88. The van der Waals surface area contributed by atoms with Crippen LogP contribution in [0.2, 0.25) is 0 Å². The van der Waals surface area contributed by atoms with Gasteiger partial charge in [-0.2, -0.15) is 0 Å². The van der Waals surface area contributed by atoms with Gasteiger partial charge in [0.25, 0.3) is 0 Å². The first-order valence-corrected chi connectivity index (χ1v) is 10.1. The van der Waals surface area contributed by atoms with E-state index in [2.05, 4.69) is 4.72 Å². The lowest BCUT2D eigenvalue weighted by Gasteiger charge is -2.48. The number of carbonyl (C=O) groups excluding carboxylic acids is 1. The summed E-state index contributed by atoms with van der Waals surface area (Å²) < 4.78 is 36.7. The summed E-state index contributed by atoms with van der Waals surface area (Å²) in [7, 11) is -3.29. The maximum Gasteiger partial charge on any atom is 0.230 e. The Morgan fingerprint density at radius 3 is 2.75 bits per heavy atom. The third-order valence-corrected chi connectivity index (χ3v) is 5.85. The average Bonchev–Trinajstić information content (AvgIpc) is 3.02. The van der Waals surface area contributed by atoms with E-state index in [4.69, 9.17) is 9.15 Å². The van der Waals surface area contributed by atoms with Gasteiger partial charge in [-0.25, -0.2) is 13.1 Å². The molecule has 1 atom stereocenters. The van der Waals surface area contributed by atoms with Crippen LogP contribution in [0.1, 0.15) is 25.0 Å². The molecule has 134 valence electrons. The number of ether oxygens (including phenoxy) is 1. The van der Waals surface area contributed by atoms with Crippen molar-refractivity contribution in [3.63, 3.8) is 0 Å². The molecule has 1 aromatic rings. The number of likely N-dealkylation sites (tertiary alicyclic amines) is 1. The molecule has 2 aliphatic rings. The number of nitrogens with one attached hydrogen (secondary N) is 1. The average molecular weight is 356 g/mol. The summed E-state index contributed by atoms with van der Waals surface area (Å²) in [6.45, 7) is 2.32. The van der Waals surface area contributed by atoms with E-state index in [1.54, 1.807) is 18.4 Å². The molecule has 0 radical (unpaired) electrons. The van der Waals surface area contributed by atoms with Crippen molar-refractivity contribution in [3.8, 4) is 0 Å². The Kier molecular flexibility index (Phi) is 4.98. The summed E-state index contributed by atoms with van der Waals surface area (Å²) in [5, 5.41) is 0. The zero-order valence-electron chi connectivity index (χ0n) is 13.9. The normalized spacial score (nSPS) is 24.2. The fraction of sp³-hybridized carbons (Fsp3) is 0.688. The van der Waals surface area contributed by atoms with E-state index in [-0.39, 0.29) is 23.8 Å². The minimum absolute atomic E-state index is 0.0551. The summed E-state index contributed by atoms with van der Waals surface area (Å²) in [4.78, 5) is 14.2. The molecule has 3 heterocycles. The quantitative estimate of drug-likeness (QED) is 0.861. The zero-order valence-corrected chi connectivity index (χ0v) is 14.7. The molecule has 7 nitrogen and oxygen atoms in total. The van der Waals surface area contributed by atoms with Crippen LogP contribution >= 0.6 is 0 Å². The lowest BCUT2D eigenvalue weighted by molar-refractivity contribution is -0.135. The number of sulfonamides is 1. The van der Waals surface area contributed by atoms with Gasteiger partial charge in [0.2, 0.25) is 15.9 Å². The molecule has 0 aliphatic carbocycles. The lowest BCUT2D eigenvalue weighted by Crippen LogP contribution is -2.57. The lowest BCUT2D eigenvalue weighted by atomic mass is 9.69. The molecule has 2 saturated heterocycles. The Hall–Kier alpha value is -1.38. The summed E-state index contributed by atoms with van der Waals surface area (Å²) in [6.07, 6.45) is 5.41. The molecule has 1 amide bonds. The molecule has 0 unspecified atom stereocenters. The van der Waals surface area contributed by atoms with Gasteiger partial charge < -0.3 is 14.1 Å². The number of hydrogen-bond acceptors (Lipinski definition) is 5. The summed E-state index contributed by atoms with van der Waals surface area (Å²) in [5.41, 5.74) is -0.122. The van der Waals surface area contributed by atoms with E-state index in [0.717, 1.165) is 19.3 Å². The molecule has 1 aromatic heterocycles. The van der Waals surface area contributed by atoms with E-state index in [1.165, 1.54) is 6.26 Å². The predicted octanol–water partition coefficient (Wildman–Crippen LogP) is 0.769. The molecule has 24 heavy (non-hydrogen) atoms. The number of furan rings is 1. The molecule has 0 bridgehead atoms. The zero-order chi connectivity index (χ0) is 17.2. The highest BCUT2D eigenvalue weighted by atomic mass is 32.2. The van der Waals surface area contributed by atoms with E-state index >= 15 is 0 Å². The van der Waals surface area contributed by atoms with Crippen molar-refractivity contribution in [2.45, 2.75) is 31.7 Å². The van der Waals surface area contributed by atoms with Gasteiger partial charge in [-0.15, -0.1) is 0 Å². The number of nitrogens with zero attached hydrogens (tertiary/aromatic N) is 1. The van der Waals surface area contributed by atoms with E-state index in [1.807, 2.05) is 4.90 Å². The van der Waals surface area contributed by atoms with Crippen LogP contribution in [0, 0.1) is 5.41 Å². The molecule has 1 N–H and O–H groups in total. The number of amides is 1. The highest BCUT2D eigenvalue weighted by Crippen LogP contribution is 2.41. The number of hydrogen-bond donors (Lipinski definition) is 1. The van der Waals surface area contributed by atoms with Crippen molar-refractivity contribution in [2.75, 3.05) is 32.6 Å². The molecule has 3 rings (SSSR count). The van der Waals surface area contributed by atoms with Crippen LogP contribution in [0.3, 0.4) is 0 Å². The predicted molar refractivity (Wildman–Crippen MR) is 87.9 cm³/mol. The van der Waals surface area contributed by atoms with Crippen LogP contribution in [0.25, 0.3) is 0 Å². The minimum atomic E-state index is -3.29. The van der Waals surface area contributed by atoms with Gasteiger partial charge >= 0.3 is 0 Å². The largest absolute Gasteiger partial charge is 0.469 e. The Morgan fingerprint density at radius 1 is 1.38 bits per heavy atom. The van der Waals surface area contributed by atoms with Crippen molar-refractivity contribution in [1.82, 2.24) is 9.62 Å². The van der Waals surface area contributed by atoms with Crippen molar-refractivity contribution in [3.05, 3.63) is 24.2 Å². The second-order valence-corrected chi connectivity index (χ2v) is 8.55. The van der Waals surface area contributed by atoms with E-state index < -0.39 is 10.0 Å². The van der Waals surface area contributed by atoms with Crippen molar-refractivity contribution >= 4 is 15.9 Å². The van der Waals surface area contributed by atoms with Crippen LogP contribution in [0.5, 0.6) is 0 Å². The van der Waals surface area contributed by atoms with Crippen molar-refractivity contribution < 1.29 is 22.4 Å². The maximum atomic E-state index is 12.4. The molecular formula is C16H24N2O5S. The molecule has 2 fully saturated rings. The van der Waals surface area contributed by atoms with Gasteiger partial charge in [-0.1, -0.05) is 0 Å². The summed E-state index contributed by atoms with van der Waals surface area (Å²) in [6, 6.07) is 3.36. The number of rotatable bonds is 4. The molecule has 8 heteroatoms. The van der Waals surface area contributed by atoms with Crippen LogP contribution in [0.15, 0.2) is 22.8 Å². The first-order valence-electron chi connectivity index (χ1n) is 8.23. The minimum Gasteiger partial charge on any atom is -0.469 e. The van der Waals surface area contributed by atoms with Gasteiger partial charge in [0.05, 0.1) is 31.6 Å². The van der Waals surface area contributed by atoms with Crippen molar-refractivity contribution in [1.29, 1.82) is 0 Å². The summed E-state index contributed by atoms with van der Waals surface area (Å²) >= 11 is 0. The maximum absolute atomic E-state index is 12.4. The smallest absolute Gasteiger partial charge is 0.230 e. The molecule has 0 aromatic carbocycles. The Morgan fingerprint density at radius 2 is 2.12 bits per heavy atom. The fourth-order valence-electron chi connectivity index (χ4n) is 3.72. The first-order chi connectivity index (χ1) is 11.4. The molecule has 1 spiro atoms. The second-order valence-electron chi connectivity index (χ2n) is 6.77. The Bertz CT molecular complexity index is 663. The van der Waals surface area contributed by atoms with Gasteiger partial charge in [0, 0.05) is 19.7 Å². The topological polar surface area (TPSA) is 88.9 Å². The molecule has 2 aliphatic heterocycles. The Balaban J connectivity index is 1.62. The third-order valence-electron chi connectivity index (χ3n) is 5.14. The van der Waals surface area contributed by atoms with E-state index in [0.29, 0.717) is 32.1 Å². The number of carbonyl (C=O) groups is 1. The van der Waals surface area contributed by atoms with Crippen LogP contribution < -0.4 is 4.72 Å². The van der Waals surface area contributed by atoms with Gasteiger partial charge in [-0.05, 0) is 36.8 Å². The third kappa shape index (κ3) is 3.99. The SMILES string of the molecule is CS(=O)(=O)N[C@@H]1COCCC12CCN(C(=O)Cc1ccco1)CC2. The van der Waals surface area contributed by atoms with Crippen LogP contribution in [-0.4, -0.2) is 57.8 Å². The fourth-order valence-corrected chi connectivity index (χ4v) is 4.55. The van der Waals surface area contributed by atoms with Crippen LogP contribution in [-0.2, 0) is 26.0 Å². The van der Waals surface area contributed by atoms with E-state index in [9.17, 15) is 13.2 Å². The standard InChI is InChI=1S/C16H24N2O5S/c1-24(20,21)17-14-12-22-10-6-16(14)4-7-18(8-5-16)15(19)11-13-3-2-9-23-13/h2-3,9,14,17H,4-8,10-12H2,1H3/t14-/m1/s1. The summed E-state index contributed by atoms with van der Waals surface area (Å²) in [5.74, 6) is 0.724. The highest BCUT2D eigenvalue weighted by Gasteiger charge is 2.45.